The molecule has 1 unspecified atom stereocenters. The summed E-state index contributed by atoms with van der Waals surface area (Å²) in [5.41, 5.74) is 0.719. The molecule has 1 heterocycles. The van der Waals surface area contributed by atoms with E-state index in [9.17, 15) is 4.79 Å². The Balaban J connectivity index is 1.93. The first kappa shape index (κ1) is 13.6. The van der Waals surface area contributed by atoms with Gasteiger partial charge in [-0.15, -0.1) is 0 Å². The van der Waals surface area contributed by atoms with E-state index in [2.05, 4.69) is 15.9 Å². The fourth-order valence-corrected chi connectivity index (χ4v) is 2.42. The van der Waals surface area contributed by atoms with Crippen LogP contribution in [0.5, 0.6) is 0 Å². The van der Waals surface area contributed by atoms with E-state index in [0.717, 1.165) is 29.5 Å². The smallest absolute Gasteiger partial charge is 0.253 e. The van der Waals surface area contributed by atoms with Crippen molar-refractivity contribution < 1.29 is 9.53 Å². The lowest BCUT2D eigenvalue weighted by Gasteiger charge is -2.27. The monoisotopic (exact) mass is 311 g/mol. The maximum Gasteiger partial charge on any atom is 0.253 e. The molecule has 0 aromatic heterocycles. The van der Waals surface area contributed by atoms with Gasteiger partial charge in [0.25, 0.3) is 5.91 Å². The predicted molar refractivity (Wildman–Crippen MR) is 74.7 cm³/mol. The molecule has 1 amide bonds. The zero-order chi connectivity index (χ0) is 13.0. The molecule has 3 nitrogen and oxygen atoms in total. The normalized spacial score (nSPS) is 19.6. The zero-order valence-electron chi connectivity index (χ0n) is 10.6. The first-order valence-corrected chi connectivity index (χ1v) is 7.09. The van der Waals surface area contributed by atoms with Crippen LogP contribution in [0, 0.1) is 0 Å². The number of carbonyl (C=O) groups is 1. The molecular weight excluding hydrogens is 294 g/mol. The number of halogens is 1. The van der Waals surface area contributed by atoms with Gasteiger partial charge in [-0.25, -0.2) is 0 Å². The highest BCUT2D eigenvalue weighted by Gasteiger charge is 2.19. The van der Waals surface area contributed by atoms with Crippen molar-refractivity contribution in [3.05, 3.63) is 34.3 Å². The summed E-state index contributed by atoms with van der Waals surface area (Å²) in [6.45, 7) is 1.50. The number of rotatable bonds is 3. The zero-order valence-corrected chi connectivity index (χ0v) is 12.1. The molecule has 0 spiro atoms. The van der Waals surface area contributed by atoms with Crippen LogP contribution < -0.4 is 0 Å². The lowest BCUT2D eigenvalue weighted by molar-refractivity contribution is -0.000187. The highest BCUT2D eigenvalue weighted by atomic mass is 79.9. The van der Waals surface area contributed by atoms with Crippen LogP contribution in [0.2, 0.25) is 0 Å². The molecule has 1 fully saturated rings. The van der Waals surface area contributed by atoms with Gasteiger partial charge < -0.3 is 9.64 Å². The van der Waals surface area contributed by atoms with Crippen LogP contribution in [0.25, 0.3) is 0 Å². The number of carbonyl (C=O) groups excluding carboxylic acids is 1. The standard InChI is InChI=1S/C14H18BrNO2/c1-16(10-13-4-2-3-9-18-13)14(17)11-5-7-12(15)8-6-11/h5-8,13H,2-4,9-10H2,1H3. The van der Waals surface area contributed by atoms with Crippen molar-refractivity contribution >= 4 is 21.8 Å². The molecule has 0 aliphatic carbocycles. The van der Waals surface area contributed by atoms with E-state index in [1.165, 1.54) is 6.42 Å². The Morgan fingerprint density at radius 1 is 1.39 bits per heavy atom. The van der Waals surface area contributed by atoms with E-state index in [4.69, 9.17) is 4.74 Å². The largest absolute Gasteiger partial charge is 0.376 e. The second-order valence-corrected chi connectivity index (χ2v) is 5.60. The Bertz CT molecular complexity index is 399. The van der Waals surface area contributed by atoms with Gasteiger partial charge in [0, 0.05) is 30.2 Å². The third-order valence-corrected chi connectivity index (χ3v) is 3.72. The van der Waals surface area contributed by atoms with Crippen molar-refractivity contribution in [3.8, 4) is 0 Å². The average Bonchev–Trinajstić information content (AvgIpc) is 2.40. The van der Waals surface area contributed by atoms with Crippen LogP contribution in [-0.4, -0.2) is 37.1 Å². The van der Waals surface area contributed by atoms with Gasteiger partial charge in [0.2, 0.25) is 0 Å². The average molecular weight is 312 g/mol. The molecular formula is C14H18BrNO2. The van der Waals surface area contributed by atoms with E-state index in [1.54, 1.807) is 4.90 Å². The number of hydrogen-bond donors (Lipinski definition) is 0. The molecule has 1 atom stereocenters. The van der Waals surface area contributed by atoms with Crippen molar-refractivity contribution in [2.75, 3.05) is 20.2 Å². The summed E-state index contributed by atoms with van der Waals surface area (Å²) in [5, 5.41) is 0. The van der Waals surface area contributed by atoms with Crippen molar-refractivity contribution in [2.24, 2.45) is 0 Å². The van der Waals surface area contributed by atoms with E-state index in [0.29, 0.717) is 6.54 Å². The van der Waals surface area contributed by atoms with Crippen molar-refractivity contribution in [2.45, 2.75) is 25.4 Å². The first-order valence-electron chi connectivity index (χ1n) is 6.29. The highest BCUT2D eigenvalue weighted by Crippen LogP contribution is 2.15. The van der Waals surface area contributed by atoms with Gasteiger partial charge in [-0.2, -0.15) is 0 Å². The molecule has 1 saturated heterocycles. The second-order valence-electron chi connectivity index (χ2n) is 4.68. The quantitative estimate of drug-likeness (QED) is 0.858. The molecule has 4 heteroatoms. The third-order valence-electron chi connectivity index (χ3n) is 3.19. The lowest BCUT2D eigenvalue weighted by Crippen LogP contribution is -2.37. The summed E-state index contributed by atoms with van der Waals surface area (Å²) in [6, 6.07) is 7.45. The molecule has 1 aromatic rings. The van der Waals surface area contributed by atoms with Crippen molar-refractivity contribution in [3.63, 3.8) is 0 Å². The summed E-state index contributed by atoms with van der Waals surface area (Å²) in [4.78, 5) is 13.9. The molecule has 0 saturated carbocycles. The number of ether oxygens (including phenoxy) is 1. The topological polar surface area (TPSA) is 29.5 Å². The van der Waals surface area contributed by atoms with Gasteiger partial charge in [-0.3, -0.25) is 4.79 Å². The van der Waals surface area contributed by atoms with Crippen molar-refractivity contribution in [1.29, 1.82) is 0 Å². The van der Waals surface area contributed by atoms with E-state index in [-0.39, 0.29) is 12.0 Å². The minimum atomic E-state index is 0.0525. The highest BCUT2D eigenvalue weighted by molar-refractivity contribution is 9.10. The van der Waals surface area contributed by atoms with Crippen LogP contribution >= 0.6 is 15.9 Å². The van der Waals surface area contributed by atoms with Gasteiger partial charge in [0.1, 0.15) is 0 Å². The van der Waals surface area contributed by atoms with Crippen LogP contribution in [0.4, 0.5) is 0 Å². The van der Waals surface area contributed by atoms with Crippen LogP contribution in [0.3, 0.4) is 0 Å². The molecule has 1 aliphatic rings. The minimum Gasteiger partial charge on any atom is -0.376 e. The summed E-state index contributed by atoms with van der Waals surface area (Å²) in [6.07, 6.45) is 3.59. The molecule has 0 bridgehead atoms. The second kappa shape index (κ2) is 6.34. The van der Waals surface area contributed by atoms with Gasteiger partial charge >= 0.3 is 0 Å². The van der Waals surface area contributed by atoms with E-state index < -0.39 is 0 Å². The molecule has 1 aromatic carbocycles. The maximum absolute atomic E-state index is 12.2. The summed E-state index contributed by atoms with van der Waals surface area (Å²) < 4.78 is 6.64. The van der Waals surface area contributed by atoms with E-state index >= 15 is 0 Å². The SMILES string of the molecule is CN(CC1CCCCO1)C(=O)c1ccc(Br)cc1. The summed E-state index contributed by atoms with van der Waals surface area (Å²) in [7, 11) is 1.84. The number of amides is 1. The Kier molecular flexibility index (Phi) is 4.78. The fourth-order valence-electron chi connectivity index (χ4n) is 2.15. The number of benzene rings is 1. The van der Waals surface area contributed by atoms with E-state index in [1.807, 2.05) is 31.3 Å². The lowest BCUT2D eigenvalue weighted by atomic mass is 10.1. The Labute approximate surface area is 116 Å². The number of likely N-dealkylation sites (N-methyl/N-ethyl adjacent to an activating group) is 1. The maximum atomic E-state index is 12.2. The predicted octanol–water partition coefficient (Wildman–Crippen LogP) is 3.09. The summed E-state index contributed by atoms with van der Waals surface area (Å²) in [5.74, 6) is 0.0525. The fraction of sp³-hybridized carbons (Fsp3) is 0.500. The van der Waals surface area contributed by atoms with Gasteiger partial charge in [0.05, 0.1) is 6.10 Å². The van der Waals surface area contributed by atoms with Gasteiger partial charge in [-0.1, -0.05) is 15.9 Å². The first-order chi connectivity index (χ1) is 8.66. The molecule has 0 radical (unpaired) electrons. The van der Waals surface area contributed by atoms with Crippen LogP contribution in [-0.2, 0) is 4.74 Å². The molecule has 2 rings (SSSR count). The number of nitrogens with zero attached hydrogens (tertiary/aromatic N) is 1. The Hall–Kier alpha value is -0.870. The minimum absolute atomic E-state index is 0.0525. The molecule has 18 heavy (non-hydrogen) atoms. The van der Waals surface area contributed by atoms with Crippen LogP contribution in [0.15, 0.2) is 28.7 Å². The third kappa shape index (κ3) is 3.56. The Morgan fingerprint density at radius 3 is 2.72 bits per heavy atom. The van der Waals surface area contributed by atoms with Crippen molar-refractivity contribution in [1.82, 2.24) is 4.90 Å². The summed E-state index contributed by atoms with van der Waals surface area (Å²) >= 11 is 3.37. The number of hydrogen-bond acceptors (Lipinski definition) is 2. The molecule has 98 valence electrons. The van der Waals surface area contributed by atoms with Gasteiger partial charge in [-0.05, 0) is 43.5 Å². The molecule has 1 aliphatic heterocycles. The van der Waals surface area contributed by atoms with Crippen LogP contribution in [0.1, 0.15) is 29.6 Å². The Morgan fingerprint density at radius 2 is 2.11 bits per heavy atom. The van der Waals surface area contributed by atoms with Gasteiger partial charge in [0.15, 0.2) is 0 Å². The molecule has 0 N–H and O–H groups in total.